The number of nitrogens with zero attached hydrogens (tertiary/aromatic N) is 2. The van der Waals surface area contributed by atoms with Gasteiger partial charge in [-0.3, -0.25) is 14.2 Å². The smallest absolute Gasteiger partial charge is 0.333 e. The van der Waals surface area contributed by atoms with Gasteiger partial charge >= 0.3 is 11.7 Å². The molecule has 1 aromatic rings. The number of rotatable bonds is 4. The Morgan fingerprint density at radius 1 is 1.32 bits per heavy atom. The summed E-state index contributed by atoms with van der Waals surface area (Å²) < 4.78 is 6.54. The molecule has 4 atom stereocenters. The summed E-state index contributed by atoms with van der Waals surface area (Å²) in [5.41, 5.74) is -1.69. The maximum atomic E-state index is 12.2. The average molecular weight is 316 g/mol. The lowest BCUT2D eigenvalue weighted by Gasteiger charge is -2.19. The maximum Gasteiger partial charge on any atom is 0.333 e. The van der Waals surface area contributed by atoms with Gasteiger partial charge in [-0.2, -0.15) is 0 Å². The molecular formula is C12H16N2O8. The van der Waals surface area contributed by atoms with Crippen LogP contribution in [0.2, 0.25) is 0 Å². The van der Waals surface area contributed by atoms with Gasteiger partial charge in [0.1, 0.15) is 24.9 Å². The van der Waals surface area contributed by atoms with E-state index >= 15 is 0 Å². The highest BCUT2D eigenvalue weighted by atomic mass is 16.6. The zero-order valence-electron chi connectivity index (χ0n) is 11.6. The molecule has 0 aromatic carbocycles. The molecule has 1 unspecified atom stereocenters. The molecule has 2 heterocycles. The normalized spacial score (nSPS) is 28.0. The fourth-order valence-corrected chi connectivity index (χ4v) is 2.33. The molecule has 0 saturated carbocycles. The molecule has 10 heteroatoms. The third-order valence-electron chi connectivity index (χ3n) is 3.45. The van der Waals surface area contributed by atoms with Crippen LogP contribution < -0.4 is 11.2 Å². The number of hydrogen-bond acceptors (Lipinski definition) is 7. The largest absolute Gasteiger partial charge is 0.480 e. The monoisotopic (exact) mass is 316 g/mol. The van der Waals surface area contributed by atoms with Crippen molar-refractivity contribution in [1.29, 1.82) is 0 Å². The van der Waals surface area contributed by atoms with Crippen LogP contribution in [0.25, 0.3) is 0 Å². The van der Waals surface area contributed by atoms with Crippen molar-refractivity contribution in [1.82, 2.24) is 9.13 Å². The van der Waals surface area contributed by atoms with Crippen molar-refractivity contribution < 1.29 is 30.0 Å². The SMILES string of the molecule is Cc1cn(C2O[C@H](CO)[C@@H](O)[C@H]2O)c(=O)n(CC(=O)O)c1=O. The predicted octanol–water partition coefficient (Wildman–Crippen LogP) is -2.99. The van der Waals surface area contributed by atoms with Crippen molar-refractivity contribution in [2.24, 2.45) is 0 Å². The fraction of sp³-hybridized carbons (Fsp3) is 0.583. The van der Waals surface area contributed by atoms with Crippen molar-refractivity contribution in [2.45, 2.75) is 38.0 Å². The quantitative estimate of drug-likeness (QED) is 0.459. The summed E-state index contributed by atoms with van der Waals surface area (Å²) in [5.74, 6) is -1.38. The van der Waals surface area contributed by atoms with Crippen LogP contribution in [-0.2, 0) is 16.1 Å². The highest BCUT2D eigenvalue weighted by Gasteiger charge is 2.44. The Kier molecular flexibility index (Phi) is 4.47. The number of carbonyl (C=O) groups is 1. The molecule has 10 nitrogen and oxygen atoms in total. The van der Waals surface area contributed by atoms with Gasteiger partial charge in [-0.1, -0.05) is 0 Å². The number of carboxylic acids is 1. The number of aliphatic carboxylic acids is 1. The van der Waals surface area contributed by atoms with E-state index in [9.17, 15) is 24.6 Å². The van der Waals surface area contributed by atoms with E-state index in [1.54, 1.807) is 0 Å². The summed E-state index contributed by atoms with van der Waals surface area (Å²) in [6.07, 6.45) is -4.23. The summed E-state index contributed by atoms with van der Waals surface area (Å²) >= 11 is 0. The van der Waals surface area contributed by atoms with Crippen molar-refractivity contribution in [3.05, 3.63) is 32.6 Å². The molecule has 2 rings (SSSR count). The van der Waals surface area contributed by atoms with Gasteiger partial charge < -0.3 is 25.2 Å². The van der Waals surface area contributed by atoms with Crippen molar-refractivity contribution in [3.63, 3.8) is 0 Å². The van der Waals surface area contributed by atoms with Crippen LogP contribution in [0.4, 0.5) is 0 Å². The van der Waals surface area contributed by atoms with E-state index in [-0.39, 0.29) is 5.56 Å². The van der Waals surface area contributed by atoms with Gasteiger partial charge in [-0.05, 0) is 6.92 Å². The second kappa shape index (κ2) is 6.01. The lowest BCUT2D eigenvalue weighted by Crippen LogP contribution is -2.45. The second-order valence-electron chi connectivity index (χ2n) is 5.02. The van der Waals surface area contributed by atoms with E-state index < -0.39 is 54.9 Å². The minimum atomic E-state index is -1.51. The first-order chi connectivity index (χ1) is 10.3. The predicted molar refractivity (Wildman–Crippen MR) is 70.3 cm³/mol. The molecule has 1 aliphatic heterocycles. The first-order valence-electron chi connectivity index (χ1n) is 6.44. The molecule has 0 bridgehead atoms. The minimum absolute atomic E-state index is 0.0681. The number of hydrogen-bond donors (Lipinski definition) is 4. The van der Waals surface area contributed by atoms with Crippen LogP contribution in [0.3, 0.4) is 0 Å². The van der Waals surface area contributed by atoms with Crippen molar-refractivity contribution in [2.75, 3.05) is 6.61 Å². The van der Waals surface area contributed by atoms with Crippen LogP contribution in [-0.4, -0.2) is 60.4 Å². The van der Waals surface area contributed by atoms with E-state index in [1.165, 1.54) is 6.92 Å². The molecule has 0 aliphatic carbocycles. The third kappa shape index (κ3) is 2.68. The summed E-state index contributed by atoms with van der Waals surface area (Å²) in [5, 5.41) is 37.4. The molecule has 1 fully saturated rings. The summed E-state index contributed by atoms with van der Waals surface area (Å²) in [6.45, 7) is -0.0384. The van der Waals surface area contributed by atoms with Gasteiger partial charge in [-0.15, -0.1) is 0 Å². The number of carboxylic acid groups (broad SMARTS) is 1. The molecule has 0 amide bonds. The van der Waals surface area contributed by atoms with Gasteiger partial charge in [0.25, 0.3) is 5.56 Å². The number of aromatic nitrogens is 2. The Bertz CT molecular complexity index is 693. The van der Waals surface area contributed by atoms with Crippen LogP contribution in [0.5, 0.6) is 0 Å². The first kappa shape index (κ1) is 16.4. The number of aliphatic hydroxyl groups excluding tert-OH is 3. The molecule has 1 aromatic heterocycles. The lowest BCUT2D eigenvalue weighted by molar-refractivity contribution is -0.137. The van der Waals surface area contributed by atoms with Crippen molar-refractivity contribution in [3.8, 4) is 0 Å². The first-order valence-corrected chi connectivity index (χ1v) is 6.44. The average Bonchev–Trinajstić information content (AvgIpc) is 2.75. The molecule has 1 saturated heterocycles. The van der Waals surface area contributed by atoms with Gasteiger partial charge in [0, 0.05) is 11.8 Å². The van der Waals surface area contributed by atoms with E-state index in [1.807, 2.05) is 0 Å². The second-order valence-corrected chi connectivity index (χ2v) is 5.02. The molecule has 22 heavy (non-hydrogen) atoms. The van der Waals surface area contributed by atoms with E-state index in [0.717, 1.165) is 10.8 Å². The highest BCUT2D eigenvalue weighted by Crippen LogP contribution is 2.27. The van der Waals surface area contributed by atoms with Gasteiger partial charge in [0.15, 0.2) is 6.23 Å². The Hall–Kier alpha value is -2.01. The fourth-order valence-electron chi connectivity index (χ4n) is 2.33. The molecule has 0 radical (unpaired) electrons. The zero-order chi connectivity index (χ0) is 16.6. The Balaban J connectivity index is 2.53. The number of aliphatic hydroxyl groups is 3. The Labute approximate surface area is 123 Å². The van der Waals surface area contributed by atoms with Gasteiger partial charge in [0.05, 0.1) is 6.61 Å². The summed E-state index contributed by atoms with van der Waals surface area (Å²) in [7, 11) is 0. The standard InChI is InChI=1S/C12H16N2O8/c1-5-2-14(11-9(19)8(18)6(4-15)22-11)12(21)13(10(5)20)3-7(16)17/h2,6,8-9,11,15,18-19H,3-4H2,1H3,(H,16,17)/t6-,8-,9-,11?/m1/s1. The molecule has 0 spiro atoms. The lowest BCUT2D eigenvalue weighted by atomic mass is 10.1. The third-order valence-corrected chi connectivity index (χ3v) is 3.45. The minimum Gasteiger partial charge on any atom is -0.480 e. The van der Waals surface area contributed by atoms with E-state index in [0.29, 0.717) is 4.57 Å². The molecular weight excluding hydrogens is 300 g/mol. The van der Waals surface area contributed by atoms with Gasteiger partial charge in [0.2, 0.25) is 0 Å². The highest BCUT2D eigenvalue weighted by molar-refractivity contribution is 5.66. The van der Waals surface area contributed by atoms with Crippen LogP contribution in [0.1, 0.15) is 11.8 Å². The van der Waals surface area contributed by atoms with Crippen LogP contribution in [0, 0.1) is 6.92 Å². The summed E-state index contributed by atoms with van der Waals surface area (Å²) in [4.78, 5) is 34.9. The van der Waals surface area contributed by atoms with Crippen molar-refractivity contribution >= 4 is 5.97 Å². The topological polar surface area (TPSA) is 151 Å². The Morgan fingerprint density at radius 2 is 1.95 bits per heavy atom. The molecule has 1 aliphatic rings. The van der Waals surface area contributed by atoms with Crippen LogP contribution in [0.15, 0.2) is 15.8 Å². The van der Waals surface area contributed by atoms with E-state index in [2.05, 4.69) is 0 Å². The zero-order valence-corrected chi connectivity index (χ0v) is 11.6. The number of aryl methyl sites for hydroxylation is 1. The van der Waals surface area contributed by atoms with Crippen LogP contribution >= 0.6 is 0 Å². The maximum absolute atomic E-state index is 12.2. The van der Waals surface area contributed by atoms with E-state index in [4.69, 9.17) is 14.9 Å². The molecule has 4 N–H and O–H groups in total. The Morgan fingerprint density at radius 3 is 2.45 bits per heavy atom. The number of ether oxygens (including phenoxy) is 1. The molecule has 122 valence electrons. The van der Waals surface area contributed by atoms with Gasteiger partial charge in [-0.25, -0.2) is 9.36 Å². The summed E-state index contributed by atoms with van der Waals surface area (Å²) in [6, 6.07) is 0.